The average molecular weight is 280 g/mol. The highest BCUT2D eigenvalue weighted by Crippen LogP contribution is 2.29. The van der Waals surface area contributed by atoms with Gasteiger partial charge in [-0.05, 0) is 24.6 Å². The molecule has 1 aromatic carbocycles. The van der Waals surface area contributed by atoms with Gasteiger partial charge < -0.3 is 10.8 Å². The van der Waals surface area contributed by atoms with E-state index in [1.807, 2.05) is 12.3 Å². The van der Waals surface area contributed by atoms with Crippen molar-refractivity contribution in [2.45, 2.75) is 18.8 Å². The molecule has 2 aromatic rings. The maximum Gasteiger partial charge on any atom is 0.123 e. The van der Waals surface area contributed by atoms with Crippen LogP contribution < -0.4 is 5.73 Å². The van der Waals surface area contributed by atoms with Crippen molar-refractivity contribution in [3.63, 3.8) is 0 Å². The maximum atomic E-state index is 13.4. The topological polar surface area (TPSA) is 59.1 Å². The standard InChI is InChI=1S/C14H17FN2OS/c1-10-7-19-13(17-10)6-14(8-16,9-18)11-3-2-4-12(15)5-11/h2-5,7,18H,6,8-9,16H2,1H3. The Bertz CT molecular complexity index is 552. The fourth-order valence-corrected chi connectivity index (χ4v) is 3.01. The number of aromatic nitrogens is 1. The molecule has 3 nitrogen and oxygen atoms in total. The monoisotopic (exact) mass is 280 g/mol. The maximum absolute atomic E-state index is 13.4. The molecule has 2 rings (SSSR count). The second-order valence-electron chi connectivity index (χ2n) is 4.71. The lowest BCUT2D eigenvalue weighted by atomic mass is 9.78. The summed E-state index contributed by atoms with van der Waals surface area (Å²) in [6, 6.07) is 6.25. The lowest BCUT2D eigenvalue weighted by Crippen LogP contribution is -2.41. The highest BCUT2D eigenvalue weighted by molar-refractivity contribution is 7.09. The van der Waals surface area contributed by atoms with Gasteiger partial charge in [-0.2, -0.15) is 0 Å². The first-order chi connectivity index (χ1) is 9.09. The summed E-state index contributed by atoms with van der Waals surface area (Å²) in [5.41, 5.74) is 6.84. The molecule has 0 aliphatic heterocycles. The summed E-state index contributed by atoms with van der Waals surface area (Å²) in [5, 5.41) is 12.6. The fourth-order valence-electron chi connectivity index (χ4n) is 2.10. The average Bonchev–Trinajstić information content (AvgIpc) is 2.81. The Morgan fingerprint density at radius 1 is 1.47 bits per heavy atom. The summed E-state index contributed by atoms with van der Waals surface area (Å²) in [7, 11) is 0. The van der Waals surface area contributed by atoms with Gasteiger partial charge in [-0.1, -0.05) is 12.1 Å². The molecule has 1 unspecified atom stereocenters. The Balaban J connectivity index is 2.37. The van der Waals surface area contributed by atoms with Crippen molar-refractivity contribution < 1.29 is 9.50 Å². The summed E-state index contributed by atoms with van der Waals surface area (Å²) in [6.45, 7) is 2.03. The molecular formula is C14H17FN2OS. The number of nitrogens with zero attached hydrogens (tertiary/aromatic N) is 1. The Hall–Kier alpha value is -1.30. The van der Waals surface area contributed by atoms with E-state index in [1.54, 1.807) is 12.1 Å². The first-order valence-electron chi connectivity index (χ1n) is 6.07. The van der Waals surface area contributed by atoms with Gasteiger partial charge in [-0.25, -0.2) is 9.37 Å². The van der Waals surface area contributed by atoms with E-state index in [9.17, 15) is 9.50 Å². The number of aryl methyl sites for hydroxylation is 1. The van der Waals surface area contributed by atoms with E-state index in [4.69, 9.17) is 5.73 Å². The number of aliphatic hydroxyl groups is 1. The van der Waals surface area contributed by atoms with Crippen LogP contribution in [0.5, 0.6) is 0 Å². The molecular weight excluding hydrogens is 263 g/mol. The highest BCUT2D eigenvalue weighted by Gasteiger charge is 2.32. The smallest absolute Gasteiger partial charge is 0.123 e. The van der Waals surface area contributed by atoms with Crippen LogP contribution >= 0.6 is 11.3 Å². The van der Waals surface area contributed by atoms with Gasteiger partial charge >= 0.3 is 0 Å². The van der Waals surface area contributed by atoms with Crippen molar-refractivity contribution in [3.8, 4) is 0 Å². The van der Waals surface area contributed by atoms with Crippen molar-refractivity contribution in [1.82, 2.24) is 4.98 Å². The molecule has 0 saturated heterocycles. The predicted octanol–water partition coefficient (Wildman–Crippen LogP) is 2.02. The van der Waals surface area contributed by atoms with Crippen LogP contribution in [0.15, 0.2) is 29.6 Å². The fraction of sp³-hybridized carbons (Fsp3) is 0.357. The van der Waals surface area contributed by atoms with Crippen LogP contribution in [0.4, 0.5) is 4.39 Å². The SMILES string of the molecule is Cc1csc(CC(CN)(CO)c2cccc(F)c2)n1. The number of halogens is 1. The third-order valence-electron chi connectivity index (χ3n) is 3.29. The van der Waals surface area contributed by atoms with Gasteiger partial charge in [0.15, 0.2) is 0 Å². The Labute approximate surface area is 115 Å². The Morgan fingerprint density at radius 3 is 2.79 bits per heavy atom. The number of benzene rings is 1. The lowest BCUT2D eigenvalue weighted by molar-refractivity contribution is 0.195. The second kappa shape index (κ2) is 5.77. The van der Waals surface area contributed by atoms with Crippen molar-refractivity contribution in [3.05, 3.63) is 51.7 Å². The number of thiazole rings is 1. The minimum absolute atomic E-state index is 0.133. The normalized spacial score (nSPS) is 14.3. The Kier molecular flexibility index (Phi) is 4.29. The first-order valence-corrected chi connectivity index (χ1v) is 6.95. The molecule has 0 fully saturated rings. The zero-order valence-electron chi connectivity index (χ0n) is 10.8. The van der Waals surface area contributed by atoms with E-state index in [0.717, 1.165) is 10.7 Å². The molecule has 5 heteroatoms. The minimum Gasteiger partial charge on any atom is -0.395 e. The van der Waals surface area contributed by atoms with Gasteiger partial charge in [-0.15, -0.1) is 11.3 Å². The molecule has 1 heterocycles. The number of nitrogens with two attached hydrogens (primary N) is 1. The van der Waals surface area contributed by atoms with Gasteiger partial charge in [0, 0.05) is 29.5 Å². The largest absolute Gasteiger partial charge is 0.395 e. The zero-order chi connectivity index (χ0) is 13.9. The molecule has 0 spiro atoms. The van der Waals surface area contributed by atoms with E-state index >= 15 is 0 Å². The minimum atomic E-state index is -0.674. The molecule has 1 atom stereocenters. The van der Waals surface area contributed by atoms with E-state index in [-0.39, 0.29) is 19.0 Å². The quantitative estimate of drug-likeness (QED) is 0.881. The van der Waals surface area contributed by atoms with Gasteiger partial charge in [0.05, 0.1) is 11.6 Å². The molecule has 0 saturated carbocycles. The molecule has 0 aliphatic rings. The van der Waals surface area contributed by atoms with Crippen LogP contribution in [0.2, 0.25) is 0 Å². The number of aliphatic hydroxyl groups excluding tert-OH is 1. The molecule has 0 radical (unpaired) electrons. The zero-order valence-corrected chi connectivity index (χ0v) is 11.6. The molecule has 0 bridgehead atoms. The second-order valence-corrected chi connectivity index (χ2v) is 5.65. The van der Waals surface area contributed by atoms with Crippen LogP contribution in [0.25, 0.3) is 0 Å². The summed E-state index contributed by atoms with van der Waals surface area (Å²) < 4.78 is 13.4. The molecule has 0 aliphatic carbocycles. The van der Waals surface area contributed by atoms with E-state index in [0.29, 0.717) is 12.0 Å². The first kappa shape index (κ1) is 14.1. The molecule has 102 valence electrons. The number of hydrogen-bond acceptors (Lipinski definition) is 4. The third-order valence-corrected chi connectivity index (χ3v) is 4.25. The summed E-state index contributed by atoms with van der Waals surface area (Å²) in [5.74, 6) is -0.320. The van der Waals surface area contributed by atoms with Crippen LogP contribution in [-0.4, -0.2) is 23.2 Å². The lowest BCUT2D eigenvalue weighted by Gasteiger charge is -2.30. The van der Waals surface area contributed by atoms with Crippen LogP contribution in [0.3, 0.4) is 0 Å². The highest BCUT2D eigenvalue weighted by atomic mass is 32.1. The van der Waals surface area contributed by atoms with Crippen LogP contribution in [0.1, 0.15) is 16.3 Å². The summed E-state index contributed by atoms with van der Waals surface area (Å²) in [6.07, 6.45) is 0.516. The van der Waals surface area contributed by atoms with Gasteiger partial charge in [0.2, 0.25) is 0 Å². The number of rotatable bonds is 5. The molecule has 19 heavy (non-hydrogen) atoms. The van der Waals surface area contributed by atoms with Crippen molar-refractivity contribution in [2.75, 3.05) is 13.2 Å². The predicted molar refractivity (Wildman–Crippen MR) is 74.8 cm³/mol. The van der Waals surface area contributed by atoms with E-state index < -0.39 is 5.41 Å². The third kappa shape index (κ3) is 3.00. The number of hydrogen-bond donors (Lipinski definition) is 2. The van der Waals surface area contributed by atoms with Gasteiger partial charge in [0.1, 0.15) is 5.82 Å². The summed E-state index contributed by atoms with van der Waals surface area (Å²) >= 11 is 1.53. The van der Waals surface area contributed by atoms with E-state index in [2.05, 4.69) is 4.98 Å². The van der Waals surface area contributed by atoms with Crippen molar-refractivity contribution in [1.29, 1.82) is 0 Å². The molecule has 3 N–H and O–H groups in total. The molecule has 0 amide bonds. The van der Waals surface area contributed by atoms with Crippen LogP contribution in [0, 0.1) is 12.7 Å². The summed E-state index contributed by atoms with van der Waals surface area (Å²) in [4.78, 5) is 4.40. The van der Waals surface area contributed by atoms with Gasteiger partial charge in [0.25, 0.3) is 0 Å². The van der Waals surface area contributed by atoms with Crippen LogP contribution in [-0.2, 0) is 11.8 Å². The molecule has 1 aromatic heterocycles. The van der Waals surface area contributed by atoms with Crippen molar-refractivity contribution in [2.24, 2.45) is 5.73 Å². The van der Waals surface area contributed by atoms with Crippen molar-refractivity contribution >= 4 is 11.3 Å². The van der Waals surface area contributed by atoms with Gasteiger partial charge in [-0.3, -0.25) is 0 Å². The van der Waals surface area contributed by atoms with E-state index in [1.165, 1.54) is 23.5 Å². The Morgan fingerprint density at radius 2 is 2.26 bits per heavy atom.